The topological polar surface area (TPSA) is 115 Å². The quantitative estimate of drug-likeness (QED) is 0.450. The molecule has 156 valence electrons. The number of hydrogen-bond acceptors (Lipinski definition) is 4. The van der Waals surface area contributed by atoms with Crippen molar-refractivity contribution < 1.29 is 24.5 Å². The van der Waals surface area contributed by atoms with Crippen LogP contribution in [0.15, 0.2) is 52.5 Å². The van der Waals surface area contributed by atoms with E-state index in [0.717, 1.165) is 43.7 Å². The first kappa shape index (κ1) is 22.1. The zero-order valence-electron chi connectivity index (χ0n) is 16.4. The smallest absolute Gasteiger partial charge is 0.328 e. The number of amidine groups is 1. The van der Waals surface area contributed by atoms with Crippen molar-refractivity contribution in [2.45, 2.75) is 12.8 Å². The van der Waals surface area contributed by atoms with E-state index in [1.165, 1.54) is 12.8 Å². The van der Waals surface area contributed by atoms with Crippen LogP contribution >= 0.6 is 0 Å². The summed E-state index contributed by atoms with van der Waals surface area (Å²) in [5.41, 5.74) is 0.947. The van der Waals surface area contributed by atoms with Gasteiger partial charge in [-0.25, -0.2) is 14.6 Å². The number of hydrogen-bond donors (Lipinski definition) is 2. The molecule has 0 amide bonds. The van der Waals surface area contributed by atoms with Crippen LogP contribution in [-0.4, -0.2) is 83.6 Å². The first-order valence-electron chi connectivity index (χ1n) is 9.35. The van der Waals surface area contributed by atoms with Gasteiger partial charge in [-0.1, -0.05) is 18.2 Å². The first-order chi connectivity index (χ1) is 14.0. The number of nitrogens with zero attached hydrogens (tertiary/aromatic N) is 4. The van der Waals surface area contributed by atoms with Gasteiger partial charge in [0.2, 0.25) is 5.96 Å². The van der Waals surface area contributed by atoms with Crippen LogP contribution in [0.1, 0.15) is 12.8 Å². The van der Waals surface area contributed by atoms with E-state index >= 15 is 0 Å². The number of carboxylic acids is 2. The lowest BCUT2D eigenvalue weighted by Gasteiger charge is -2.27. The van der Waals surface area contributed by atoms with Crippen molar-refractivity contribution in [3.63, 3.8) is 0 Å². The Morgan fingerprint density at radius 1 is 1.03 bits per heavy atom. The van der Waals surface area contributed by atoms with Crippen LogP contribution in [0, 0.1) is 0 Å². The molecule has 1 aromatic rings. The predicted molar refractivity (Wildman–Crippen MR) is 110 cm³/mol. The summed E-state index contributed by atoms with van der Waals surface area (Å²) < 4.78 is 5.52. The van der Waals surface area contributed by atoms with Crippen molar-refractivity contribution in [3.05, 3.63) is 42.5 Å². The Kier molecular flexibility index (Phi) is 8.84. The van der Waals surface area contributed by atoms with Gasteiger partial charge in [0.25, 0.3) is 0 Å². The number of likely N-dealkylation sites (tertiary alicyclic amines) is 1. The summed E-state index contributed by atoms with van der Waals surface area (Å²) in [6, 6.07) is 10.0. The summed E-state index contributed by atoms with van der Waals surface area (Å²) in [4.78, 5) is 33.1. The maximum absolute atomic E-state index is 9.55. The lowest BCUT2D eigenvalue weighted by molar-refractivity contribution is -0.134. The van der Waals surface area contributed by atoms with Gasteiger partial charge in [-0.05, 0) is 25.0 Å². The van der Waals surface area contributed by atoms with E-state index in [9.17, 15) is 9.59 Å². The second-order valence-corrected chi connectivity index (χ2v) is 6.45. The Bertz CT molecular complexity index is 754. The molecule has 2 fully saturated rings. The molecule has 0 aliphatic carbocycles. The molecule has 0 aromatic heterocycles. The fourth-order valence-corrected chi connectivity index (χ4v) is 2.68. The van der Waals surface area contributed by atoms with Crippen molar-refractivity contribution >= 4 is 29.4 Å². The highest BCUT2D eigenvalue weighted by molar-refractivity contribution is 5.97. The minimum Gasteiger partial charge on any atom is -0.478 e. The van der Waals surface area contributed by atoms with Gasteiger partial charge in [-0.3, -0.25) is 0 Å². The standard InChI is InChI=1S/C16H22N4O.C4H4O4/c1-19-11-12-21-13-15(19)18-16(20-9-5-6-10-20)17-14-7-3-2-4-8-14;5-3(6)1-2-4(7)8/h2-4,7-8H,5-6,9-13H2,1H3;1-2H,(H,5,6)(H,7,8)/b17-16?,18-15+;2-1+. The summed E-state index contributed by atoms with van der Waals surface area (Å²) in [6.07, 6.45) is 3.54. The van der Waals surface area contributed by atoms with Crippen LogP contribution in [0.3, 0.4) is 0 Å². The maximum atomic E-state index is 9.55. The van der Waals surface area contributed by atoms with Crippen LogP contribution in [0.5, 0.6) is 0 Å². The molecule has 3 rings (SSSR count). The fourth-order valence-electron chi connectivity index (χ4n) is 2.68. The molecule has 29 heavy (non-hydrogen) atoms. The number of carboxylic acid groups (broad SMARTS) is 2. The average Bonchev–Trinajstić information content (AvgIpc) is 3.24. The minimum absolute atomic E-state index is 0.558. The molecular weight excluding hydrogens is 376 g/mol. The Labute approximate surface area is 169 Å². The van der Waals surface area contributed by atoms with E-state index in [2.05, 4.69) is 16.8 Å². The van der Waals surface area contributed by atoms with E-state index in [0.29, 0.717) is 18.8 Å². The molecule has 9 heteroatoms. The van der Waals surface area contributed by atoms with Gasteiger partial charge in [0.15, 0.2) is 0 Å². The second-order valence-electron chi connectivity index (χ2n) is 6.45. The molecule has 9 nitrogen and oxygen atoms in total. The third-order valence-electron chi connectivity index (χ3n) is 4.21. The molecule has 2 saturated heterocycles. The van der Waals surface area contributed by atoms with Gasteiger partial charge in [-0.2, -0.15) is 4.99 Å². The lowest BCUT2D eigenvalue weighted by Crippen LogP contribution is -2.40. The molecule has 0 atom stereocenters. The molecule has 0 spiro atoms. The minimum atomic E-state index is -1.26. The average molecular weight is 402 g/mol. The summed E-state index contributed by atoms with van der Waals surface area (Å²) in [7, 11) is 2.06. The highest BCUT2D eigenvalue weighted by Gasteiger charge is 2.19. The van der Waals surface area contributed by atoms with Crippen molar-refractivity contribution in [1.82, 2.24) is 9.80 Å². The molecule has 0 bridgehead atoms. The SMILES string of the molecule is CN1CCOC/C1=N\C(=Nc1ccccc1)N1CCCC1.O=C(O)/C=C/C(=O)O. The zero-order chi connectivity index (χ0) is 21.1. The molecule has 2 aliphatic heterocycles. The maximum Gasteiger partial charge on any atom is 0.328 e. The number of likely N-dealkylation sites (N-methyl/N-ethyl adjacent to an activating group) is 1. The first-order valence-corrected chi connectivity index (χ1v) is 9.35. The number of rotatable bonds is 3. The van der Waals surface area contributed by atoms with Crippen LogP contribution in [0.2, 0.25) is 0 Å². The van der Waals surface area contributed by atoms with Gasteiger partial charge >= 0.3 is 11.9 Å². The molecular formula is C20H26N4O5. The number of ether oxygens (including phenoxy) is 1. The number of morpholine rings is 1. The Morgan fingerprint density at radius 2 is 1.66 bits per heavy atom. The summed E-state index contributed by atoms with van der Waals surface area (Å²) in [5, 5.41) is 15.6. The van der Waals surface area contributed by atoms with Crippen LogP contribution in [0.4, 0.5) is 5.69 Å². The van der Waals surface area contributed by atoms with E-state index < -0.39 is 11.9 Å². The Morgan fingerprint density at radius 3 is 2.21 bits per heavy atom. The lowest BCUT2D eigenvalue weighted by atomic mass is 10.3. The van der Waals surface area contributed by atoms with Crippen molar-refractivity contribution in [2.75, 3.05) is 39.9 Å². The number of para-hydroxylation sites is 1. The largest absolute Gasteiger partial charge is 0.478 e. The molecule has 0 unspecified atom stereocenters. The van der Waals surface area contributed by atoms with Gasteiger partial charge in [-0.15, -0.1) is 0 Å². The monoisotopic (exact) mass is 402 g/mol. The number of guanidine groups is 1. The van der Waals surface area contributed by atoms with E-state index in [1.54, 1.807) is 0 Å². The van der Waals surface area contributed by atoms with Crippen molar-refractivity contribution in [1.29, 1.82) is 0 Å². The summed E-state index contributed by atoms with van der Waals surface area (Å²) >= 11 is 0. The zero-order valence-corrected chi connectivity index (χ0v) is 16.4. The van der Waals surface area contributed by atoms with Gasteiger partial charge in [0.1, 0.15) is 12.4 Å². The molecule has 2 aliphatic rings. The van der Waals surface area contributed by atoms with Crippen LogP contribution < -0.4 is 0 Å². The third kappa shape index (κ3) is 8.14. The summed E-state index contributed by atoms with van der Waals surface area (Å²) in [5.74, 6) is -0.742. The van der Waals surface area contributed by atoms with Crippen molar-refractivity contribution in [3.8, 4) is 0 Å². The third-order valence-corrected chi connectivity index (χ3v) is 4.21. The van der Waals surface area contributed by atoms with Gasteiger partial charge in [0, 0.05) is 38.8 Å². The Hall–Kier alpha value is -3.20. The summed E-state index contributed by atoms with van der Waals surface area (Å²) in [6.45, 7) is 4.29. The van der Waals surface area contributed by atoms with Gasteiger partial charge < -0.3 is 24.7 Å². The van der Waals surface area contributed by atoms with E-state index in [4.69, 9.17) is 24.9 Å². The Balaban J connectivity index is 0.000000321. The predicted octanol–water partition coefficient (Wildman–Crippen LogP) is 1.84. The molecule has 0 radical (unpaired) electrons. The van der Waals surface area contributed by atoms with Gasteiger partial charge in [0.05, 0.1) is 12.3 Å². The molecule has 2 heterocycles. The van der Waals surface area contributed by atoms with E-state index in [-0.39, 0.29) is 0 Å². The van der Waals surface area contributed by atoms with E-state index in [1.807, 2.05) is 30.3 Å². The normalized spacial score (nSPS) is 18.7. The van der Waals surface area contributed by atoms with Crippen molar-refractivity contribution in [2.24, 2.45) is 9.98 Å². The second kappa shape index (κ2) is 11.6. The highest BCUT2D eigenvalue weighted by Crippen LogP contribution is 2.16. The van der Waals surface area contributed by atoms with Crippen LogP contribution in [0.25, 0.3) is 0 Å². The molecule has 0 saturated carbocycles. The van der Waals surface area contributed by atoms with Crippen LogP contribution in [-0.2, 0) is 14.3 Å². The molecule has 2 N–H and O–H groups in total. The number of carbonyl (C=O) groups is 2. The number of aliphatic imine (C=N–C) groups is 2. The number of aliphatic carboxylic acids is 2. The molecule has 1 aromatic carbocycles. The highest BCUT2D eigenvalue weighted by atomic mass is 16.5. The number of benzene rings is 1. The fraction of sp³-hybridized carbons (Fsp3) is 0.400.